The van der Waals surface area contributed by atoms with Crippen LogP contribution in [0.5, 0.6) is 0 Å². The second kappa shape index (κ2) is 14.7. The van der Waals surface area contributed by atoms with Crippen LogP contribution < -0.4 is 16.0 Å². The van der Waals surface area contributed by atoms with Gasteiger partial charge in [-0.1, -0.05) is 29.8 Å². The van der Waals surface area contributed by atoms with Crippen molar-refractivity contribution in [2.75, 3.05) is 31.5 Å². The van der Waals surface area contributed by atoms with Gasteiger partial charge in [-0.25, -0.2) is 18.0 Å². The van der Waals surface area contributed by atoms with E-state index < -0.39 is 47.0 Å². The van der Waals surface area contributed by atoms with E-state index in [1.165, 1.54) is 42.5 Å². The molecule has 0 radical (unpaired) electrons. The summed E-state index contributed by atoms with van der Waals surface area (Å²) in [5.41, 5.74) is 0.260. The molecule has 2 heterocycles. The molecular weight excluding hydrogens is 637 g/mol. The Morgan fingerprint density at radius 3 is 2.36 bits per heavy atom. The number of likely N-dealkylation sites (tertiary alicyclic amines) is 1. The minimum atomic E-state index is -1.59. The second-order valence-electron chi connectivity index (χ2n) is 12.0. The molecule has 1 spiro atoms. The van der Waals surface area contributed by atoms with Crippen molar-refractivity contribution in [3.63, 3.8) is 0 Å². The Morgan fingerprint density at radius 2 is 1.72 bits per heavy atom. The molecule has 9 nitrogen and oxygen atoms in total. The topological polar surface area (TPSA) is 120 Å². The van der Waals surface area contributed by atoms with E-state index in [1.54, 1.807) is 11.8 Å². The largest absolute Gasteiger partial charge is 0.465 e. The highest BCUT2D eigenvalue weighted by atomic mass is 35.5. The first-order valence-electron chi connectivity index (χ1n) is 15.4. The van der Waals surface area contributed by atoms with Gasteiger partial charge in [-0.2, -0.15) is 0 Å². The van der Waals surface area contributed by atoms with E-state index in [2.05, 4.69) is 16.0 Å². The number of hydrogen-bond donors (Lipinski definition) is 4. The summed E-state index contributed by atoms with van der Waals surface area (Å²) >= 11 is 6.05. The van der Waals surface area contributed by atoms with Gasteiger partial charge in [0.05, 0.1) is 11.7 Å². The van der Waals surface area contributed by atoms with Crippen molar-refractivity contribution in [1.29, 1.82) is 0 Å². The standard InChI is InChI=1S/C34H36ClF3N4O5/c1-20(43)42-13-11-34(12-14-42)19-39-18-26(47-34)9-10-27-28(38)3-2-4-29(27)40-32(44)31(41-33(45)46)30(21-5-7-23(35)8-6-21)22-15-24(36)17-25(37)16-22/h2-8,15-17,26,30-31,39,41H,9-14,18-19H2,1H3,(H,40,44)(H,45,46)/t26-,30+,31+/m1/s1. The molecule has 2 saturated heterocycles. The molecule has 3 aromatic carbocycles. The number of piperidine rings is 1. The summed E-state index contributed by atoms with van der Waals surface area (Å²) in [4.78, 5) is 39.4. The quantitative estimate of drug-likeness (QED) is 0.240. The lowest BCUT2D eigenvalue weighted by Gasteiger charge is -2.46. The molecule has 2 aliphatic heterocycles. The molecule has 250 valence electrons. The predicted octanol–water partition coefficient (Wildman–Crippen LogP) is 5.47. The third kappa shape index (κ3) is 8.43. The molecule has 0 bridgehead atoms. The van der Waals surface area contributed by atoms with Gasteiger partial charge < -0.3 is 30.7 Å². The van der Waals surface area contributed by atoms with Crippen LogP contribution >= 0.6 is 11.6 Å². The van der Waals surface area contributed by atoms with Crippen molar-refractivity contribution in [3.05, 3.63) is 99.8 Å². The lowest BCUT2D eigenvalue weighted by atomic mass is 9.84. The lowest BCUT2D eigenvalue weighted by molar-refractivity contribution is -0.153. The van der Waals surface area contributed by atoms with Gasteiger partial charge in [0.2, 0.25) is 11.8 Å². The average Bonchev–Trinajstić information content (AvgIpc) is 3.01. The van der Waals surface area contributed by atoms with Crippen molar-refractivity contribution in [2.24, 2.45) is 0 Å². The number of morpholine rings is 1. The van der Waals surface area contributed by atoms with Crippen LogP contribution in [0.4, 0.5) is 23.7 Å². The highest BCUT2D eigenvalue weighted by Crippen LogP contribution is 2.34. The summed E-state index contributed by atoms with van der Waals surface area (Å²) in [6, 6.07) is 11.4. The van der Waals surface area contributed by atoms with Gasteiger partial charge in [-0.05, 0) is 73.2 Å². The van der Waals surface area contributed by atoms with Crippen molar-refractivity contribution in [1.82, 2.24) is 15.5 Å². The second-order valence-corrected chi connectivity index (χ2v) is 12.4. The van der Waals surface area contributed by atoms with Gasteiger partial charge in [0.25, 0.3) is 0 Å². The molecule has 3 amide bonds. The lowest BCUT2D eigenvalue weighted by Crippen LogP contribution is -2.58. The normalized spacial score (nSPS) is 18.7. The molecule has 3 atom stereocenters. The summed E-state index contributed by atoms with van der Waals surface area (Å²) in [6.45, 7) is 3.94. The van der Waals surface area contributed by atoms with Crippen molar-refractivity contribution in [3.8, 4) is 0 Å². The van der Waals surface area contributed by atoms with Crippen molar-refractivity contribution < 1.29 is 37.4 Å². The number of nitrogens with zero attached hydrogens (tertiary/aromatic N) is 1. The molecule has 4 N–H and O–H groups in total. The first-order valence-corrected chi connectivity index (χ1v) is 15.7. The number of anilines is 1. The van der Waals surface area contributed by atoms with E-state index in [1.807, 2.05) is 0 Å². The number of rotatable bonds is 9. The third-order valence-electron chi connectivity index (χ3n) is 8.82. The number of carbonyl (C=O) groups is 3. The van der Waals surface area contributed by atoms with Crippen LogP contribution in [0.1, 0.15) is 48.8 Å². The van der Waals surface area contributed by atoms with Gasteiger partial charge in [0.15, 0.2) is 0 Å². The molecule has 0 unspecified atom stereocenters. The first kappa shape index (κ1) is 34.2. The molecular formula is C34H36ClF3N4O5. The number of benzene rings is 3. The van der Waals surface area contributed by atoms with Crippen LogP contribution in [-0.2, 0) is 20.7 Å². The average molecular weight is 673 g/mol. The monoisotopic (exact) mass is 672 g/mol. The highest BCUT2D eigenvalue weighted by Gasteiger charge is 2.40. The van der Waals surface area contributed by atoms with Gasteiger partial charge in [-0.3, -0.25) is 9.59 Å². The number of ether oxygens (including phenoxy) is 1. The third-order valence-corrected chi connectivity index (χ3v) is 9.07. The van der Waals surface area contributed by atoms with Gasteiger partial charge in [0.1, 0.15) is 23.5 Å². The summed E-state index contributed by atoms with van der Waals surface area (Å²) in [5, 5.41) is 18.3. The van der Waals surface area contributed by atoms with Gasteiger partial charge in [-0.15, -0.1) is 0 Å². The Morgan fingerprint density at radius 1 is 1.04 bits per heavy atom. The summed E-state index contributed by atoms with van der Waals surface area (Å²) in [7, 11) is 0. The number of nitrogens with one attached hydrogen (secondary N) is 3. The van der Waals surface area contributed by atoms with Crippen LogP contribution in [0.15, 0.2) is 60.7 Å². The highest BCUT2D eigenvalue weighted by molar-refractivity contribution is 6.30. The Labute approximate surface area is 275 Å². The maximum Gasteiger partial charge on any atom is 0.405 e. The smallest absolute Gasteiger partial charge is 0.405 e. The van der Waals surface area contributed by atoms with Crippen LogP contribution in [0, 0.1) is 17.5 Å². The van der Waals surface area contributed by atoms with E-state index in [0.29, 0.717) is 62.1 Å². The molecule has 0 aromatic heterocycles. The molecule has 2 aliphatic rings. The summed E-state index contributed by atoms with van der Waals surface area (Å²) in [6.07, 6.45) is 0.163. The zero-order chi connectivity index (χ0) is 33.7. The molecule has 0 saturated carbocycles. The molecule has 2 fully saturated rings. The SMILES string of the molecule is CC(=O)N1CCC2(CC1)CNC[C@@H](CCc1c(F)cccc1NC(=O)[C@@H](NC(=O)O)[C@@H](c1ccc(Cl)cc1)c1cc(F)cc(F)c1)O2. The minimum Gasteiger partial charge on any atom is -0.465 e. The van der Waals surface area contributed by atoms with Crippen LogP contribution in [-0.4, -0.2) is 71.8 Å². The maximum atomic E-state index is 15.3. The number of hydrogen-bond acceptors (Lipinski definition) is 5. The predicted molar refractivity (Wildman–Crippen MR) is 170 cm³/mol. The zero-order valence-corrected chi connectivity index (χ0v) is 26.5. The summed E-state index contributed by atoms with van der Waals surface area (Å²) in [5.74, 6) is -4.41. The molecule has 47 heavy (non-hydrogen) atoms. The fourth-order valence-electron chi connectivity index (χ4n) is 6.46. The molecule has 5 rings (SSSR count). The fraction of sp³-hybridized carbons (Fsp3) is 0.382. The number of halogens is 4. The summed E-state index contributed by atoms with van der Waals surface area (Å²) < 4.78 is 50.6. The Balaban J connectivity index is 1.37. The van der Waals surface area contributed by atoms with Gasteiger partial charge >= 0.3 is 6.09 Å². The Bertz CT molecular complexity index is 1600. The zero-order valence-electron chi connectivity index (χ0n) is 25.7. The molecule has 0 aliphatic carbocycles. The number of carbonyl (C=O) groups excluding carboxylic acids is 2. The Hall–Kier alpha value is -4.13. The maximum absolute atomic E-state index is 15.3. The van der Waals surface area contributed by atoms with Crippen LogP contribution in [0.3, 0.4) is 0 Å². The van der Waals surface area contributed by atoms with E-state index in [9.17, 15) is 28.3 Å². The van der Waals surface area contributed by atoms with Gasteiger partial charge in [0, 0.05) is 61.4 Å². The van der Waals surface area contributed by atoms with Crippen molar-refractivity contribution in [2.45, 2.75) is 56.3 Å². The fourth-order valence-corrected chi connectivity index (χ4v) is 6.59. The Kier molecular flexibility index (Phi) is 10.7. The van der Waals surface area contributed by atoms with E-state index in [0.717, 1.165) is 12.1 Å². The van der Waals surface area contributed by atoms with Crippen LogP contribution in [0.25, 0.3) is 0 Å². The number of amides is 3. The van der Waals surface area contributed by atoms with Crippen molar-refractivity contribution >= 4 is 35.2 Å². The van der Waals surface area contributed by atoms with E-state index in [4.69, 9.17) is 16.3 Å². The van der Waals surface area contributed by atoms with E-state index >= 15 is 4.39 Å². The molecule has 13 heteroatoms. The minimum absolute atomic E-state index is 0.00296. The molecule has 3 aromatic rings. The first-order chi connectivity index (χ1) is 22.4. The van der Waals surface area contributed by atoms with Crippen LogP contribution in [0.2, 0.25) is 5.02 Å². The van der Waals surface area contributed by atoms with E-state index in [-0.39, 0.29) is 35.2 Å². The number of carboxylic acid groups (broad SMARTS) is 1.